The van der Waals surface area contributed by atoms with E-state index in [1.54, 1.807) is 18.2 Å². The Hall–Kier alpha value is -3.95. The maximum absolute atomic E-state index is 12.0. The van der Waals surface area contributed by atoms with E-state index in [0.29, 0.717) is 29.8 Å². The molecule has 3 rings (SSSR count). The molecule has 0 aliphatic carbocycles. The first-order chi connectivity index (χ1) is 14.3. The van der Waals surface area contributed by atoms with E-state index in [-0.39, 0.29) is 17.3 Å². The molecular weight excluding hydrogens is 394 g/mol. The lowest BCUT2D eigenvalue weighted by atomic mass is 10.0. The number of nitrogens with one attached hydrogen (secondary N) is 2. The molecule has 1 heterocycles. The number of aryl methyl sites for hydroxylation is 1. The first kappa shape index (κ1) is 20.8. The highest BCUT2D eigenvalue weighted by Crippen LogP contribution is 2.27. The number of nitro groups is 1. The largest absolute Gasteiger partial charge is 0.482 e. The van der Waals surface area contributed by atoms with Crippen LogP contribution in [0.15, 0.2) is 36.4 Å². The van der Waals surface area contributed by atoms with Gasteiger partial charge >= 0.3 is 5.97 Å². The molecule has 2 N–H and O–H groups in total. The highest BCUT2D eigenvalue weighted by Gasteiger charge is 2.17. The van der Waals surface area contributed by atoms with E-state index in [2.05, 4.69) is 10.6 Å². The van der Waals surface area contributed by atoms with Crippen molar-refractivity contribution < 1.29 is 28.8 Å². The van der Waals surface area contributed by atoms with Crippen LogP contribution in [-0.2, 0) is 25.5 Å². The number of ether oxygens (including phenoxy) is 2. The number of esters is 1. The molecule has 30 heavy (non-hydrogen) atoms. The molecule has 0 fully saturated rings. The van der Waals surface area contributed by atoms with Gasteiger partial charge in [0.1, 0.15) is 5.75 Å². The van der Waals surface area contributed by atoms with E-state index in [0.717, 1.165) is 5.56 Å². The summed E-state index contributed by atoms with van der Waals surface area (Å²) >= 11 is 0. The normalized spacial score (nSPS) is 12.4. The Bertz CT molecular complexity index is 1020. The molecule has 0 saturated carbocycles. The fourth-order valence-corrected chi connectivity index (χ4v) is 2.92. The number of fused-ring (bicyclic) bond motifs is 1. The lowest BCUT2D eigenvalue weighted by Gasteiger charge is -2.17. The highest BCUT2D eigenvalue weighted by molar-refractivity contribution is 5.94. The van der Waals surface area contributed by atoms with Gasteiger partial charge < -0.3 is 20.1 Å². The number of carbonyl (C=O) groups excluding carboxylic acids is 3. The van der Waals surface area contributed by atoms with Crippen LogP contribution >= 0.6 is 0 Å². The Balaban J connectivity index is 1.47. The fraction of sp³-hybridized carbons (Fsp3) is 0.250. The van der Waals surface area contributed by atoms with Crippen molar-refractivity contribution in [3.8, 4) is 5.75 Å². The summed E-state index contributed by atoms with van der Waals surface area (Å²) in [4.78, 5) is 45.6. The predicted octanol–water partition coefficient (Wildman–Crippen LogP) is 2.35. The molecule has 0 radical (unpaired) electrons. The summed E-state index contributed by atoms with van der Waals surface area (Å²) in [7, 11) is 0. The molecule has 1 aliphatic heterocycles. The molecule has 10 nitrogen and oxygen atoms in total. The first-order valence-corrected chi connectivity index (χ1v) is 9.08. The van der Waals surface area contributed by atoms with Crippen LogP contribution < -0.4 is 15.4 Å². The van der Waals surface area contributed by atoms with Gasteiger partial charge in [0, 0.05) is 18.2 Å². The third kappa shape index (κ3) is 5.10. The van der Waals surface area contributed by atoms with Crippen molar-refractivity contribution in [1.82, 2.24) is 0 Å². The van der Waals surface area contributed by atoms with E-state index in [1.165, 1.54) is 25.1 Å². The zero-order valence-corrected chi connectivity index (χ0v) is 16.1. The Morgan fingerprint density at radius 2 is 2.00 bits per heavy atom. The number of anilines is 2. The van der Waals surface area contributed by atoms with E-state index in [9.17, 15) is 24.5 Å². The third-order valence-corrected chi connectivity index (χ3v) is 4.47. The van der Waals surface area contributed by atoms with Crippen LogP contribution in [0.25, 0.3) is 0 Å². The van der Waals surface area contributed by atoms with Gasteiger partial charge in [0.05, 0.1) is 16.2 Å². The molecule has 2 aromatic carbocycles. The average molecular weight is 413 g/mol. The van der Waals surface area contributed by atoms with Crippen molar-refractivity contribution in [2.45, 2.75) is 19.8 Å². The maximum Gasteiger partial charge on any atom is 0.344 e. The van der Waals surface area contributed by atoms with Crippen molar-refractivity contribution in [3.63, 3.8) is 0 Å². The molecule has 2 aromatic rings. The minimum atomic E-state index is -0.744. The molecule has 156 valence electrons. The quantitative estimate of drug-likeness (QED) is 0.404. The number of hydrogen-bond donors (Lipinski definition) is 2. The summed E-state index contributed by atoms with van der Waals surface area (Å²) in [5.41, 5.74) is 2.07. The summed E-state index contributed by atoms with van der Waals surface area (Å²) in [5, 5.41) is 16.2. The van der Waals surface area contributed by atoms with Gasteiger partial charge in [-0.2, -0.15) is 0 Å². The third-order valence-electron chi connectivity index (χ3n) is 4.47. The summed E-state index contributed by atoms with van der Waals surface area (Å²) in [6, 6.07) is 9.35. The lowest BCUT2D eigenvalue weighted by molar-refractivity contribution is -0.385. The molecule has 0 bridgehead atoms. The van der Waals surface area contributed by atoms with Crippen molar-refractivity contribution in [1.29, 1.82) is 0 Å². The Labute approximate surface area is 171 Å². The predicted molar refractivity (Wildman–Crippen MR) is 106 cm³/mol. The smallest absolute Gasteiger partial charge is 0.344 e. The van der Waals surface area contributed by atoms with Crippen molar-refractivity contribution in [2.24, 2.45) is 0 Å². The fourth-order valence-electron chi connectivity index (χ4n) is 2.92. The average Bonchev–Trinajstić information content (AvgIpc) is 2.72. The number of rotatable bonds is 7. The van der Waals surface area contributed by atoms with Gasteiger partial charge in [-0.25, -0.2) is 4.79 Å². The van der Waals surface area contributed by atoms with E-state index >= 15 is 0 Å². The molecule has 0 spiro atoms. The van der Waals surface area contributed by atoms with Crippen molar-refractivity contribution >= 4 is 34.8 Å². The molecular formula is C20H19N3O7. The molecule has 0 unspecified atom stereocenters. The number of benzene rings is 2. The van der Waals surface area contributed by atoms with E-state index < -0.39 is 30.0 Å². The standard InChI is InChI=1S/C20H19N3O7/c1-12-15(3-2-4-17(12)23(27)28)21-19(25)10-30-20(26)11-29-14-6-7-16-13(9-14)5-8-18(24)22-16/h2-4,6-7,9H,5,8,10-11H2,1H3,(H,21,25)(H,22,24). The monoisotopic (exact) mass is 413 g/mol. The minimum absolute atomic E-state index is 0.0432. The zero-order valence-electron chi connectivity index (χ0n) is 16.1. The molecule has 10 heteroatoms. The number of hydrogen-bond acceptors (Lipinski definition) is 7. The van der Waals surface area contributed by atoms with Crippen LogP contribution in [0.2, 0.25) is 0 Å². The SMILES string of the molecule is Cc1c(NC(=O)COC(=O)COc2ccc3c(c2)CCC(=O)N3)cccc1[N+](=O)[O-]. The number of nitrogens with zero attached hydrogens (tertiary/aromatic N) is 1. The zero-order chi connectivity index (χ0) is 21.7. The van der Waals surface area contributed by atoms with Gasteiger partial charge in [-0.15, -0.1) is 0 Å². The van der Waals surface area contributed by atoms with E-state index in [4.69, 9.17) is 9.47 Å². The second-order valence-electron chi connectivity index (χ2n) is 6.57. The maximum atomic E-state index is 12.0. The van der Waals surface area contributed by atoms with Crippen LogP contribution in [0.3, 0.4) is 0 Å². The number of nitro benzene ring substituents is 1. The van der Waals surface area contributed by atoms with Gasteiger partial charge in [0.2, 0.25) is 5.91 Å². The Morgan fingerprint density at radius 1 is 1.20 bits per heavy atom. The molecule has 2 amide bonds. The summed E-state index contributed by atoms with van der Waals surface area (Å²) in [5.74, 6) is -0.972. The first-order valence-electron chi connectivity index (χ1n) is 9.08. The van der Waals surface area contributed by atoms with Gasteiger partial charge in [-0.3, -0.25) is 19.7 Å². The highest BCUT2D eigenvalue weighted by atomic mass is 16.6. The molecule has 0 saturated heterocycles. The minimum Gasteiger partial charge on any atom is -0.482 e. The number of carbonyl (C=O) groups is 3. The second kappa shape index (κ2) is 9.03. The van der Waals surface area contributed by atoms with Crippen LogP contribution in [0.4, 0.5) is 17.1 Å². The Morgan fingerprint density at radius 3 is 2.77 bits per heavy atom. The van der Waals surface area contributed by atoms with Gasteiger partial charge in [-0.1, -0.05) is 6.07 Å². The van der Waals surface area contributed by atoms with Crippen molar-refractivity contribution in [3.05, 3.63) is 57.6 Å². The van der Waals surface area contributed by atoms with Gasteiger partial charge in [-0.05, 0) is 43.2 Å². The Kier molecular flexibility index (Phi) is 6.26. The lowest BCUT2D eigenvalue weighted by Crippen LogP contribution is -2.24. The topological polar surface area (TPSA) is 137 Å². The summed E-state index contributed by atoms with van der Waals surface area (Å²) < 4.78 is 10.3. The van der Waals surface area contributed by atoms with Crippen molar-refractivity contribution in [2.75, 3.05) is 23.8 Å². The van der Waals surface area contributed by atoms with Crippen LogP contribution in [0.5, 0.6) is 5.75 Å². The van der Waals surface area contributed by atoms with Gasteiger partial charge in [0.25, 0.3) is 11.6 Å². The molecule has 0 atom stereocenters. The number of amides is 2. The summed E-state index contributed by atoms with van der Waals surface area (Å²) in [6.45, 7) is 0.562. The second-order valence-corrected chi connectivity index (χ2v) is 6.57. The molecule has 1 aliphatic rings. The van der Waals surface area contributed by atoms with Crippen LogP contribution in [-0.4, -0.2) is 35.9 Å². The van der Waals surface area contributed by atoms with Crippen LogP contribution in [0, 0.1) is 17.0 Å². The van der Waals surface area contributed by atoms with Crippen LogP contribution in [0.1, 0.15) is 17.5 Å². The summed E-state index contributed by atoms with van der Waals surface area (Å²) in [6.07, 6.45) is 0.970. The molecule has 0 aromatic heterocycles. The van der Waals surface area contributed by atoms with E-state index in [1.807, 2.05) is 0 Å². The van der Waals surface area contributed by atoms with Gasteiger partial charge in [0.15, 0.2) is 13.2 Å².